The van der Waals surface area contributed by atoms with Gasteiger partial charge in [0.15, 0.2) is 0 Å². The predicted octanol–water partition coefficient (Wildman–Crippen LogP) is 4.70. The molecule has 1 aromatic rings. The molecule has 0 fully saturated rings. The van der Waals surface area contributed by atoms with Gasteiger partial charge in [-0.2, -0.15) is 0 Å². The highest BCUT2D eigenvalue weighted by Crippen LogP contribution is 2.22. The summed E-state index contributed by atoms with van der Waals surface area (Å²) >= 11 is 0. The van der Waals surface area contributed by atoms with Gasteiger partial charge in [-0.3, -0.25) is 0 Å². The minimum Gasteiger partial charge on any atom is -0.399 e. The lowest BCUT2D eigenvalue weighted by Crippen LogP contribution is -2.30. The van der Waals surface area contributed by atoms with Crippen LogP contribution in [0.4, 0.5) is 11.4 Å². The van der Waals surface area contributed by atoms with E-state index in [0.29, 0.717) is 0 Å². The molecule has 0 spiro atoms. The van der Waals surface area contributed by atoms with Crippen molar-refractivity contribution in [3.8, 4) is 0 Å². The van der Waals surface area contributed by atoms with Crippen LogP contribution in [-0.2, 0) is 0 Å². The molecule has 1 aromatic carbocycles. The molecule has 108 valence electrons. The lowest BCUT2D eigenvalue weighted by molar-refractivity contribution is 0.445. The molecule has 2 N–H and O–H groups in total. The van der Waals surface area contributed by atoms with Gasteiger partial charge in [0, 0.05) is 24.5 Å². The topological polar surface area (TPSA) is 29.3 Å². The number of rotatable bonds is 9. The van der Waals surface area contributed by atoms with Gasteiger partial charge in [0.25, 0.3) is 0 Å². The van der Waals surface area contributed by atoms with Crippen LogP contribution in [0.1, 0.15) is 52.9 Å². The van der Waals surface area contributed by atoms with Crippen LogP contribution in [0.25, 0.3) is 0 Å². The Labute approximate surface area is 119 Å². The van der Waals surface area contributed by atoms with Crippen LogP contribution in [-0.4, -0.2) is 13.1 Å². The Hall–Kier alpha value is -1.18. The lowest BCUT2D eigenvalue weighted by atomic mass is 9.98. The Morgan fingerprint density at radius 1 is 1.16 bits per heavy atom. The fourth-order valence-corrected chi connectivity index (χ4v) is 2.55. The first-order chi connectivity index (χ1) is 9.21. The highest BCUT2D eigenvalue weighted by atomic mass is 15.1. The van der Waals surface area contributed by atoms with E-state index in [1.165, 1.54) is 37.8 Å². The first kappa shape index (κ1) is 15.9. The molecule has 1 atom stereocenters. The second-order valence-electron chi connectivity index (χ2n) is 5.46. The molecular weight excluding hydrogens is 232 g/mol. The van der Waals surface area contributed by atoms with Gasteiger partial charge in [0.05, 0.1) is 0 Å². The summed E-state index contributed by atoms with van der Waals surface area (Å²) in [6, 6.07) is 8.29. The summed E-state index contributed by atoms with van der Waals surface area (Å²) in [5.74, 6) is 0.799. The number of nitrogens with zero attached hydrogens (tertiary/aromatic N) is 1. The third-order valence-electron chi connectivity index (χ3n) is 3.75. The average molecular weight is 262 g/mol. The molecule has 1 rings (SSSR count). The quantitative estimate of drug-likeness (QED) is 0.653. The predicted molar refractivity (Wildman–Crippen MR) is 86.7 cm³/mol. The van der Waals surface area contributed by atoms with E-state index >= 15 is 0 Å². The summed E-state index contributed by atoms with van der Waals surface area (Å²) in [6.07, 6.45) is 6.43. The number of unbranched alkanes of at least 4 members (excludes halogenated alkanes) is 1. The molecule has 0 aliphatic heterocycles. The van der Waals surface area contributed by atoms with Crippen LogP contribution in [0.2, 0.25) is 0 Å². The van der Waals surface area contributed by atoms with Gasteiger partial charge in [-0.1, -0.05) is 46.1 Å². The normalized spacial score (nSPS) is 12.4. The Morgan fingerprint density at radius 3 is 2.53 bits per heavy atom. The number of anilines is 2. The van der Waals surface area contributed by atoms with Gasteiger partial charge >= 0.3 is 0 Å². The van der Waals surface area contributed by atoms with Crippen molar-refractivity contribution in [3.05, 3.63) is 24.3 Å². The van der Waals surface area contributed by atoms with Gasteiger partial charge in [-0.15, -0.1) is 0 Å². The maximum absolute atomic E-state index is 5.91. The number of nitrogens with two attached hydrogens (primary N) is 1. The molecule has 0 saturated carbocycles. The maximum Gasteiger partial charge on any atom is 0.0386 e. The molecule has 0 aliphatic rings. The summed E-state index contributed by atoms with van der Waals surface area (Å²) in [7, 11) is 0. The SMILES string of the molecule is CCCCC(CC)CN(CCC)c1cccc(N)c1. The van der Waals surface area contributed by atoms with Crippen molar-refractivity contribution < 1.29 is 0 Å². The number of hydrogen-bond donors (Lipinski definition) is 1. The largest absolute Gasteiger partial charge is 0.399 e. The first-order valence-electron chi connectivity index (χ1n) is 7.81. The van der Waals surface area contributed by atoms with Crippen LogP contribution in [0.3, 0.4) is 0 Å². The fourth-order valence-electron chi connectivity index (χ4n) is 2.55. The van der Waals surface area contributed by atoms with Gasteiger partial charge in [0.2, 0.25) is 0 Å². The van der Waals surface area contributed by atoms with Crippen molar-refractivity contribution in [2.24, 2.45) is 5.92 Å². The van der Waals surface area contributed by atoms with E-state index in [1.54, 1.807) is 0 Å². The fraction of sp³-hybridized carbons (Fsp3) is 0.647. The summed E-state index contributed by atoms with van der Waals surface area (Å²) in [5, 5.41) is 0. The Morgan fingerprint density at radius 2 is 1.95 bits per heavy atom. The molecule has 0 aliphatic carbocycles. The molecular formula is C17H30N2. The second kappa shape index (κ2) is 8.84. The van der Waals surface area contributed by atoms with Crippen LogP contribution in [0.5, 0.6) is 0 Å². The van der Waals surface area contributed by atoms with Crippen LogP contribution in [0, 0.1) is 5.92 Å². The van der Waals surface area contributed by atoms with Crippen molar-refractivity contribution in [3.63, 3.8) is 0 Å². The first-order valence-corrected chi connectivity index (χ1v) is 7.81. The molecule has 0 bridgehead atoms. The van der Waals surface area contributed by atoms with Gasteiger partial charge in [-0.25, -0.2) is 0 Å². The van der Waals surface area contributed by atoms with E-state index in [2.05, 4.69) is 43.9 Å². The third-order valence-corrected chi connectivity index (χ3v) is 3.75. The highest BCUT2D eigenvalue weighted by Gasteiger charge is 2.12. The number of benzene rings is 1. The summed E-state index contributed by atoms with van der Waals surface area (Å²) < 4.78 is 0. The molecule has 0 saturated heterocycles. The van der Waals surface area contributed by atoms with Crippen LogP contribution < -0.4 is 10.6 Å². The van der Waals surface area contributed by atoms with E-state index in [1.807, 2.05) is 6.07 Å². The molecule has 1 unspecified atom stereocenters. The molecule has 0 amide bonds. The van der Waals surface area contributed by atoms with Gasteiger partial charge < -0.3 is 10.6 Å². The number of hydrogen-bond acceptors (Lipinski definition) is 2. The Kier molecular flexibility index (Phi) is 7.39. The van der Waals surface area contributed by atoms with Crippen LogP contribution >= 0.6 is 0 Å². The minimum absolute atomic E-state index is 0.799. The zero-order chi connectivity index (χ0) is 14.1. The smallest absolute Gasteiger partial charge is 0.0386 e. The van der Waals surface area contributed by atoms with E-state index in [4.69, 9.17) is 5.73 Å². The average Bonchev–Trinajstić information content (AvgIpc) is 2.42. The van der Waals surface area contributed by atoms with E-state index in [0.717, 1.165) is 24.7 Å². The molecule has 0 radical (unpaired) electrons. The van der Waals surface area contributed by atoms with E-state index < -0.39 is 0 Å². The van der Waals surface area contributed by atoms with Gasteiger partial charge in [0.1, 0.15) is 0 Å². The molecule has 19 heavy (non-hydrogen) atoms. The zero-order valence-electron chi connectivity index (χ0n) is 12.9. The highest BCUT2D eigenvalue weighted by molar-refractivity contribution is 5.55. The van der Waals surface area contributed by atoms with Crippen LogP contribution in [0.15, 0.2) is 24.3 Å². The minimum atomic E-state index is 0.799. The maximum atomic E-state index is 5.91. The lowest BCUT2D eigenvalue weighted by Gasteiger charge is -2.29. The molecule has 0 aromatic heterocycles. The Balaban J connectivity index is 2.70. The monoisotopic (exact) mass is 262 g/mol. The summed E-state index contributed by atoms with van der Waals surface area (Å²) in [4.78, 5) is 2.50. The van der Waals surface area contributed by atoms with E-state index in [9.17, 15) is 0 Å². The third kappa shape index (κ3) is 5.54. The van der Waals surface area contributed by atoms with Crippen molar-refractivity contribution >= 4 is 11.4 Å². The molecule has 0 heterocycles. The second-order valence-corrected chi connectivity index (χ2v) is 5.46. The van der Waals surface area contributed by atoms with Crippen molar-refractivity contribution in [2.75, 3.05) is 23.7 Å². The molecule has 2 nitrogen and oxygen atoms in total. The van der Waals surface area contributed by atoms with Crippen molar-refractivity contribution in [2.45, 2.75) is 52.9 Å². The number of nitrogen functional groups attached to an aromatic ring is 1. The summed E-state index contributed by atoms with van der Waals surface area (Å²) in [6.45, 7) is 9.10. The summed E-state index contributed by atoms with van der Waals surface area (Å²) in [5.41, 5.74) is 8.05. The zero-order valence-corrected chi connectivity index (χ0v) is 12.9. The van der Waals surface area contributed by atoms with Crippen molar-refractivity contribution in [1.82, 2.24) is 0 Å². The molecule has 2 heteroatoms. The Bertz CT molecular complexity index is 349. The van der Waals surface area contributed by atoms with Gasteiger partial charge in [-0.05, 0) is 37.0 Å². The standard InChI is InChI=1S/C17H30N2/c1-4-7-9-15(6-3)14-19(12-5-2)17-11-8-10-16(18)13-17/h8,10-11,13,15H,4-7,9,12,14,18H2,1-3H3. The van der Waals surface area contributed by atoms with E-state index in [-0.39, 0.29) is 0 Å². The van der Waals surface area contributed by atoms with Crippen molar-refractivity contribution in [1.29, 1.82) is 0 Å².